The number of nitrogens with zero attached hydrogens (tertiary/aromatic N) is 2. The van der Waals surface area contributed by atoms with Crippen molar-refractivity contribution in [1.29, 1.82) is 0 Å². The second-order valence-corrected chi connectivity index (χ2v) is 15.2. The Hall–Kier alpha value is -7.42. The zero-order valence-electron chi connectivity index (χ0n) is 31.2. The summed E-state index contributed by atoms with van der Waals surface area (Å²) in [4.78, 5) is 2.49. The quantitative estimate of drug-likeness (QED) is 0.166. The van der Waals surface area contributed by atoms with Gasteiger partial charge in [0, 0.05) is 33.3 Å². The summed E-state index contributed by atoms with van der Waals surface area (Å²) in [5.74, 6) is 0. The minimum Gasteiger partial charge on any atom is -0.310 e. The number of rotatable bonds is 6. The second-order valence-electron chi connectivity index (χ2n) is 15.2. The molecule has 2 heteroatoms. The first-order valence-electron chi connectivity index (χ1n) is 19.8. The van der Waals surface area contributed by atoms with Gasteiger partial charge in [0.25, 0.3) is 0 Å². The van der Waals surface area contributed by atoms with Gasteiger partial charge in [0.2, 0.25) is 0 Å². The van der Waals surface area contributed by atoms with E-state index >= 15 is 0 Å². The molecule has 1 aliphatic carbocycles. The van der Waals surface area contributed by atoms with Gasteiger partial charge in [-0.25, -0.2) is 0 Å². The summed E-state index contributed by atoms with van der Waals surface area (Å²) in [5, 5.41) is 2.48. The minimum atomic E-state index is -0.584. The van der Waals surface area contributed by atoms with Crippen molar-refractivity contribution in [3.63, 3.8) is 0 Å². The predicted octanol–water partition coefficient (Wildman–Crippen LogP) is 14.3. The van der Waals surface area contributed by atoms with Crippen molar-refractivity contribution in [3.8, 4) is 39.1 Å². The molecule has 0 fully saturated rings. The van der Waals surface area contributed by atoms with Crippen LogP contribution >= 0.6 is 0 Å². The first-order chi connectivity index (χ1) is 28.3. The molecule has 9 aromatic carbocycles. The van der Waals surface area contributed by atoms with E-state index in [0.717, 1.165) is 17.1 Å². The first kappa shape index (κ1) is 31.9. The molecule has 57 heavy (non-hydrogen) atoms. The van der Waals surface area contributed by atoms with E-state index in [0.29, 0.717) is 0 Å². The number of aromatic nitrogens is 1. The highest BCUT2D eigenvalue weighted by Crippen LogP contribution is 2.64. The third kappa shape index (κ3) is 4.41. The SMILES string of the molecule is c1ccc(-c2ccc(N(c3ccccc3)c3cc4c5c6c3c3ccccc3n6-c3ccccc3-c3cccc(c3-5)C4(c3ccccc3)c3ccccc3)cc2)cc1. The van der Waals surface area contributed by atoms with Crippen molar-refractivity contribution < 1.29 is 0 Å². The Morgan fingerprint density at radius 2 is 0.965 bits per heavy atom. The molecule has 2 nitrogen and oxygen atoms in total. The third-order valence-corrected chi connectivity index (χ3v) is 12.4. The number of anilines is 3. The molecule has 2 heterocycles. The topological polar surface area (TPSA) is 8.17 Å². The molecule has 2 aliphatic rings. The number of hydrogen-bond donors (Lipinski definition) is 0. The number of hydrogen-bond acceptors (Lipinski definition) is 1. The van der Waals surface area contributed by atoms with Crippen LogP contribution in [0.25, 0.3) is 60.9 Å². The molecule has 0 atom stereocenters. The number of para-hydroxylation sites is 3. The van der Waals surface area contributed by atoms with Gasteiger partial charge >= 0.3 is 0 Å². The lowest BCUT2D eigenvalue weighted by molar-refractivity contribution is 0.769. The summed E-state index contributed by atoms with van der Waals surface area (Å²) in [7, 11) is 0. The van der Waals surface area contributed by atoms with Crippen LogP contribution < -0.4 is 4.90 Å². The lowest BCUT2D eigenvalue weighted by Gasteiger charge is -2.35. The van der Waals surface area contributed by atoms with Crippen molar-refractivity contribution in [1.82, 2.24) is 4.57 Å². The maximum Gasteiger partial charge on any atom is 0.0715 e. The smallest absolute Gasteiger partial charge is 0.0715 e. The van der Waals surface area contributed by atoms with Gasteiger partial charge in [-0.3, -0.25) is 0 Å². The Morgan fingerprint density at radius 1 is 0.404 bits per heavy atom. The highest BCUT2D eigenvalue weighted by atomic mass is 15.1. The normalized spacial score (nSPS) is 13.1. The van der Waals surface area contributed by atoms with Crippen molar-refractivity contribution in [2.45, 2.75) is 5.41 Å². The van der Waals surface area contributed by atoms with E-state index < -0.39 is 5.41 Å². The van der Waals surface area contributed by atoms with Gasteiger partial charge in [-0.05, 0) is 87.0 Å². The first-order valence-corrected chi connectivity index (χ1v) is 19.8. The Labute approximate surface area is 332 Å². The van der Waals surface area contributed by atoms with E-state index in [-0.39, 0.29) is 0 Å². The van der Waals surface area contributed by atoms with Gasteiger partial charge < -0.3 is 9.47 Å². The van der Waals surface area contributed by atoms with E-state index in [1.54, 1.807) is 0 Å². The Morgan fingerprint density at radius 3 is 1.68 bits per heavy atom. The Bertz CT molecular complexity index is 3110. The highest BCUT2D eigenvalue weighted by molar-refractivity contribution is 6.24. The van der Waals surface area contributed by atoms with Crippen LogP contribution in [0.15, 0.2) is 218 Å². The van der Waals surface area contributed by atoms with Gasteiger partial charge in [0.1, 0.15) is 0 Å². The standard InChI is InChI=1S/C55H36N2/c1-5-18-37(19-6-1)38-32-34-42(35-33-38)56(41-24-11-4-12-25-41)50-36-47-53-51-44(43-26-13-15-30-48(43)57-49-31-16-14-27-45(49)52(50)54(53)57)28-17-29-46(51)55(47,39-20-7-2-8-21-39)40-22-9-3-10-23-40/h1-36H. The van der Waals surface area contributed by atoms with Crippen LogP contribution in [0.4, 0.5) is 17.1 Å². The molecule has 0 unspecified atom stereocenters. The Balaban J connectivity index is 1.29. The van der Waals surface area contributed by atoms with Crippen molar-refractivity contribution in [2.24, 2.45) is 0 Å². The van der Waals surface area contributed by atoms with Crippen LogP contribution in [-0.4, -0.2) is 4.57 Å². The summed E-state index contributed by atoms with van der Waals surface area (Å²) in [6.45, 7) is 0. The average molecular weight is 725 g/mol. The molecular weight excluding hydrogens is 689 g/mol. The third-order valence-electron chi connectivity index (χ3n) is 12.4. The molecule has 0 amide bonds. The Kier molecular flexibility index (Phi) is 6.88. The molecule has 10 aromatic rings. The van der Waals surface area contributed by atoms with Crippen molar-refractivity contribution in [2.75, 3.05) is 4.90 Å². The van der Waals surface area contributed by atoms with Crippen molar-refractivity contribution >= 4 is 38.9 Å². The fraction of sp³-hybridized carbons (Fsp3) is 0.0182. The molecule has 0 saturated heterocycles. The van der Waals surface area contributed by atoms with E-state index in [4.69, 9.17) is 0 Å². The molecule has 266 valence electrons. The second kappa shape index (κ2) is 12.3. The van der Waals surface area contributed by atoms with Gasteiger partial charge in [-0.15, -0.1) is 0 Å². The monoisotopic (exact) mass is 724 g/mol. The lowest BCUT2D eigenvalue weighted by Crippen LogP contribution is -2.29. The van der Waals surface area contributed by atoms with Crippen molar-refractivity contribution in [3.05, 3.63) is 241 Å². The zero-order chi connectivity index (χ0) is 37.5. The van der Waals surface area contributed by atoms with Crippen LogP contribution in [-0.2, 0) is 5.41 Å². The van der Waals surface area contributed by atoms with E-state index in [9.17, 15) is 0 Å². The minimum absolute atomic E-state index is 0.584. The number of benzene rings is 9. The van der Waals surface area contributed by atoms with Gasteiger partial charge in [0.15, 0.2) is 0 Å². The van der Waals surface area contributed by atoms with E-state index in [1.165, 1.54) is 83.1 Å². The average Bonchev–Trinajstić information content (AvgIpc) is 3.75. The maximum atomic E-state index is 2.57. The summed E-state index contributed by atoms with van der Waals surface area (Å²) in [6.07, 6.45) is 0. The van der Waals surface area contributed by atoms with Crippen LogP contribution in [0.5, 0.6) is 0 Å². The molecule has 0 radical (unpaired) electrons. The molecule has 0 saturated carbocycles. The lowest BCUT2D eigenvalue weighted by atomic mass is 9.67. The van der Waals surface area contributed by atoms with Crippen LogP contribution in [0.2, 0.25) is 0 Å². The molecule has 12 rings (SSSR count). The summed E-state index contributed by atoms with van der Waals surface area (Å²) in [5.41, 5.74) is 19.1. The van der Waals surface area contributed by atoms with Gasteiger partial charge in [0.05, 0.1) is 27.8 Å². The van der Waals surface area contributed by atoms with E-state index in [1.807, 2.05) is 0 Å². The molecule has 1 aliphatic heterocycles. The number of fused-ring (bicyclic) bond motifs is 6. The fourth-order valence-corrected chi connectivity index (χ4v) is 10.1. The largest absolute Gasteiger partial charge is 0.310 e. The van der Waals surface area contributed by atoms with Gasteiger partial charge in [-0.1, -0.05) is 176 Å². The molecule has 0 spiro atoms. The molecule has 0 bridgehead atoms. The molecular formula is C55H36N2. The van der Waals surface area contributed by atoms with E-state index in [2.05, 4.69) is 228 Å². The zero-order valence-corrected chi connectivity index (χ0v) is 31.2. The molecule has 1 aromatic heterocycles. The van der Waals surface area contributed by atoms with Crippen LogP contribution in [0, 0.1) is 0 Å². The summed E-state index contributed by atoms with van der Waals surface area (Å²) < 4.78 is 2.57. The highest BCUT2D eigenvalue weighted by Gasteiger charge is 2.50. The predicted molar refractivity (Wildman–Crippen MR) is 237 cm³/mol. The summed E-state index contributed by atoms with van der Waals surface area (Å²) in [6, 6.07) is 80.6. The maximum absolute atomic E-state index is 2.57. The fourth-order valence-electron chi connectivity index (χ4n) is 10.1. The summed E-state index contributed by atoms with van der Waals surface area (Å²) >= 11 is 0. The molecule has 0 N–H and O–H groups in total. The van der Waals surface area contributed by atoms with Crippen LogP contribution in [0.3, 0.4) is 0 Å². The van der Waals surface area contributed by atoms with Crippen LogP contribution in [0.1, 0.15) is 22.3 Å². The van der Waals surface area contributed by atoms with Gasteiger partial charge in [-0.2, -0.15) is 0 Å².